The van der Waals surface area contributed by atoms with Crippen molar-refractivity contribution in [2.24, 2.45) is 5.41 Å². The molecule has 0 spiro atoms. The highest BCUT2D eigenvalue weighted by Gasteiger charge is 2.48. The molecule has 3 atom stereocenters. The third kappa shape index (κ3) is 5.72. The summed E-state index contributed by atoms with van der Waals surface area (Å²) < 4.78 is 0. The van der Waals surface area contributed by atoms with E-state index in [1.165, 1.54) is 6.33 Å². The number of piperazine rings is 1. The fourth-order valence-electron chi connectivity index (χ4n) is 6.65. The lowest BCUT2D eigenvalue weighted by atomic mass is 9.86. The first-order valence-electron chi connectivity index (χ1n) is 15.0. The maximum Gasteiger partial charge on any atom is 0.235 e. The highest BCUT2D eigenvalue weighted by atomic mass is 35.5. The third-order valence-corrected chi connectivity index (χ3v) is 9.12. The average molecular weight is 595 g/mol. The Balaban J connectivity index is 1.43. The van der Waals surface area contributed by atoms with Crippen LogP contribution in [0.2, 0.25) is 5.02 Å². The number of hydrogen-bond donors (Lipinski definition) is 1. The SMILES string of the molecule is CC(C)N(C[C@@H](C(=O)N1C2CCC1CN(c1ncnc3c1C(C)(C)C(=O)N3)C2)c1ccc(Cl)cc1)C(=O)CC(C)(C)C. The Morgan fingerprint density at radius 3 is 2.29 bits per heavy atom. The van der Waals surface area contributed by atoms with Crippen LogP contribution in [-0.2, 0) is 19.8 Å². The van der Waals surface area contributed by atoms with Crippen molar-refractivity contribution < 1.29 is 14.4 Å². The minimum absolute atomic E-state index is 0.00242. The van der Waals surface area contributed by atoms with Crippen LogP contribution in [0.15, 0.2) is 30.6 Å². The summed E-state index contributed by atoms with van der Waals surface area (Å²) in [4.78, 5) is 55.8. The Kier molecular flexibility index (Phi) is 8.02. The van der Waals surface area contributed by atoms with Gasteiger partial charge in [-0.25, -0.2) is 9.97 Å². The number of nitrogens with one attached hydrogen (secondary N) is 1. The normalized spacial score (nSPS) is 21.8. The van der Waals surface area contributed by atoms with Gasteiger partial charge in [0.15, 0.2) is 0 Å². The zero-order valence-corrected chi connectivity index (χ0v) is 26.5. The molecule has 2 fully saturated rings. The van der Waals surface area contributed by atoms with E-state index in [9.17, 15) is 14.4 Å². The van der Waals surface area contributed by atoms with Crippen LogP contribution in [0.3, 0.4) is 0 Å². The van der Waals surface area contributed by atoms with Crippen LogP contribution in [0, 0.1) is 5.41 Å². The summed E-state index contributed by atoms with van der Waals surface area (Å²) in [6, 6.07) is 7.40. The van der Waals surface area contributed by atoms with Gasteiger partial charge >= 0.3 is 0 Å². The Morgan fingerprint density at radius 2 is 1.71 bits per heavy atom. The van der Waals surface area contributed by atoms with Gasteiger partial charge in [0.2, 0.25) is 17.7 Å². The molecule has 1 aromatic carbocycles. The van der Waals surface area contributed by atoms with E-state index in [1.807, 2.05) is 56.9 Å². The predicted molar refractivity (Wildman–Crippen MR) is 165 cm³/mol. The zero-order valence-electron chi connectivity index (χ0n) is 25.8. The maximum absolute atomic E-state index is 14.5. The first-order chi connectivity index (χ1) is 19.7. The Bertz CT molecular complexity index is 1360. The van der Waals surface area contributed by atoms with Gasteiger partial charge in [-0.05, 0) is 63.6 Å². The molecule has 2 aromatic rings. The summed E-state index contributed by atoms with van der Waals surface area (Å²) in [5.41, 5.74) is 0.783. The van der Waals surface area contributed by atoms with Gasteiger partial charge in [-0.3, -0.25) is 14.4 Å². The number of amides is 3. The number of halogens is 1. The zero-order chi connectivity index (χ0) is 30.6. The molecule has 226 valence electrons. The lowest BCUT2D eigenvalue weighted by Crippen LogP contribution is -2.58. The highest BCUT2D eigenvalue weighted by molar-refractivity contribution is 6.30. The van der Waals surface area contributed by atoms with Gasteiger partial charge in [-0.2, -0.15) is 0 Å². The summed E-state index contributed by atoms with van der Waals surface area (Å²) >= 11 is 6.22. The molecule has 3 amide bonds. The maximum atomic E-state index is 14.5. The molecule has 0 radical (unpaired) electrons. The molecule has 2 unspecified atom stereocenters. The van der Waals surface area contributed by atoms with Crippen molar-refractivity contribution >= 4 is 41.0 Å². The number of rotatable bonds is 7. The van der Waals surface area contributed by atoms with Gasteiger partial charge in [0.1, 0.15) is 18.0 Å². The minimum atomic E-state index is -0.739. The van der Waals surface area contributed by atoms with Crippen LogP contribution in [-0.4, -0.2) is 75.2 Å². The smallest absolute Gasteiger partial charge is 0.235 e. The number of hydrogen-bond acceptors (Lipinski definition) is 6. The molecule has 2 saturated heterocycles. The van der Waals surface area contributed by atoms with E-state index in [2.05, 4.69) is 45.9 Å². The number of fused-ring (bicyclic) bond motifs is 3. The first-order valence-corrected chi connectivity index (χ1v) is 15.3. The van der Waals surface area contributed by atoms with Gasteiger partial charge in [-0.1, -0.05) is 44.5 Å². The molecule has 1 aromatic heterocycles. The van der Waals surface area contributed by atoms with Crippen LogP contribution in [0.5, 0.6) is 0 Å². The van der Waals surface area contributed by atoms with E-state index < -0.39 is 11.3 Å². The lowest BCUT2D eigenvalue weighted by Gasteiger charge is -2.44. The summed E-state index contributed by atoms with van der Waals surface area (Å²) in [5.74, 6) is 0.840. The van der Waals surface area contributed by atoms with E-state index in [0.717, 1.165) is 29.8 Å². The standard InChI is InChI=1S/C32H43ClN6O3/c1-19(2)38(25(40)14-31(3,4)5)17-24(20-8-10-21(33)11-9-20)29(41)39-22-12-13-23(39)16-37(15-22)28-26-27(34-18-35-28)36-30(42)32(26,6)7/h8-11,18-19,22-24H,12-17H2,1-7H3,(H,34,35,36,42)/t22?,23?,24-/m1/s1. The second-order valence-corrected chi connectivity index (χ2v) is 14.5. The van der Waals surface area contributed by atoms with Crippen molar-refractivity contribution in [3.05, 3.63) is 46.7 Å². The molecule has 5 rings (SSSR count). The second kappa shape index (κ2) is 11.1. The molecular weight excluding hydrogens is 552 g/mol. The number of aromatic nitrogens is 2. The van der Waals surface area contributed by atoms with Crippen molar-refractivity contribution in [1.82, 2.24) is 19.8 Å². The topological polar surface area (TPSA) is 98.7 Å². The van der Waals surface area contributed by atoms with E-state index in [1.54, 1.807) is 0 Å². The summed E-state index contributed by atoms with van der Waals surface area (Å²) in [6.07, 6.45) is 3.70. The van der Waals surface area contributed by atoms with Gasteiger partial charge < -0.3 is 20.0 Å². The molecule has 9 nitrogen and oxygen atoms in total. The van der Waals surface area contributed by atoms with Gasteiger partial charge in [0, 0.05) is 49.2 Å². The van der Waals surface area contributed by atoms with Crippen LogP contribution < -0.4 is 10.2 Å². The van der Waals surface area contributed by atoms with Crippen molar-refractivity contribution in [2.75, 3.05) is 29.9 Å². The van der Waals surface area contributed by atoms with Crippen LogP contribution in [0.1, 0.15) is 84.8 Å². The number of carbonyl (C=O) groups is 3. The quantitative estimate of drug-likeness (QED) is 0.485. The van der Waals surface area contributed by atoms with E-state index in [4.69, 9.17) is 11.6 Å². The van der Waals surface area contributed by atoms with E-state index in [-0.39, 0.29) is 41.3 Å². The summed E-state index contributed by atoms with van der Waals surface area (Å²) in [5, 5.41) is 3.50. The molecular formula is C32H43ClN6O3. The van der Waals surface area contributed by atoms with Crippen molar-refractivity contribution in [3.8, 4) is 0 Å². The molecule has 0 saturated carbocycles. The molecule has 1 N–H and O–H groups in total. The summed E-state index contributed by atoms with van der Waals surface area (Å²) in [7, 11) is 0. The van der Waals surface area contributed by atoms with Crippen LogP contribution in [0.25, 0.3) is 0 Å². The fraction of sp³-hybridized carbons (Fsp3) is 0.594. The molecule has 10 heteroatoms. The monoisotopic (exact) mass is 594 g/mol. The molecule has 2 bridgehead atoms. The predicted octanol–water partition coefficient (Wildman–Crippen LogP) is 5.00. The number of benzene rings is 1. The molecule has 42 heavy (non-hydrogen) atoms. The third-order valence-electron chi connectivity index (χ3n) is 8.86. The number of nitrogens with zero attached hydrogens (tertiary/aromatic N) is 5. The average Bonchev–Trinajstić information content (AvgIpc) is 3.30. The Hall–Kier alpha value is -3.20. The van der Waals surface area contributed by atoms with E-state index in [0.29, 0.717) is 36.9 Å². The number of carbonyl (C=O) groups excluding carboxylic acids is 3. The van der Waals surface area contributed by atoms with Gasteiger partial charge in [0.05, 0.1) is 16.9 Å². The van der Waals surface area contributed by atoms with Crippen LogP contribution in [0.4, 0.5) is 11.6 Å². The molecule has 3 aliphatic heterocycles. The highest BCUT2D eigenvalue weighted by Crippen LogP contribution is 2.43. The Labute approximate surface area is 254 Å². The Morgan fingerprint density at radius 1 is 1.10 bits per heavy atom. The van der Waals surface area contributed by atoms with Crippen LogP contribution >= 0.6 is 11.6 Å². The van der Waals surface area contributed by atoms with Gasteiger partial charge in [0.25, 0.3) is 0 Å². The lowest BCUT2D eigenvalue weighted by molar-refractivity contribution is -0.140. The van der Waals surface area contributed by atoms with Crippen molar-refractivity contribution in [3.63, 3.8) is 0 Å². The van der Waals surface area contributed by atoms with Crippen molar-refractivity contribution in [1.29, 1.82) is 0 Å². The number of anilines is 2. The van der Waals surface area contributed by atoms with E-state index >= 15 is 0 Å². The first kappa shape index (κ1) is 30.3. The summed E-state index contributed by atoms with van der Waals surface area (Å²) in [6.45, 7) is 15.5. The molecule has 4 heterocycles. The van der Waals surface area contributed by atoms with Gasteiger partial charge in [-0.15, -0.1) is 0 Å². The van der Waals surface area contributed by atoms with Crippen molar-refractivity contribution in [2.45, 2.75) is 97.2 Å². The largest absolute Gasteiger partial charge is 0.352 e. The molecule has 3 aliphatic rings. The fourth-order valence-corrected chi connectivity index (χ4v) is 6.78. The second-order valence-electron chi connectivity index (χ2n) is 14.0. The molecule has 0 aliphatic carbocycles. The minimum Gasteiger partial charge on any atom is -0.352 e.